The van der Waals surface area contributed by atoms with E-state index in [0.29, 0.717) is 43.8 Å². The molecule has 0 unspecified atom stereocenters. The van der Waals surface area contributed by atoms with E-state index in [1.807, 2.05) is 4.90 Å². The SMILES string of the molecule is Nc1nc(SCCCC(=O)N2CCOCC2)n[nH]1. The van der Waals surface area contributed by atoms with Crippen LogP contribution in [0.15, 0.2) is 5.16 Å². The number of nitrogen functional groups attached to an aromatic ring is 1. The Balaban J connectivity index is 1.61. The van der Waals surface area contributed by atoms with E-state index in [9.17, 15) is 4.79 Å². The molecule has 8 heteroatoms. The molecule has 0 radical (unpaired) electrons. The molecular formula is C10H17N5O2S. The molecule has 100 valence electrons. The average Bonchev–Trinajstić information content (AvgIpc) is 2.81. The quantitative estimate of drug-likeness (QED) is 0.583. The molecule has 0 bridgehead atoms. The molecule has 0 spiro atoms. The lowest BCUT2D eigenvalue weighted by Crippen LogP contribution is -2.40. The van der Waals surface area contributed by atoms with Gasteiger partial charge in [-0.1, -0.05) is 11.8 Å². The summed E-state index contributed by atoms with van der Waals surface area (Å²) in [4.78, 5) is 17.7. The van der Waals surface area contributed by atoms with Crippen LogP contribution in [0.4, 0.5) is 5.95 Å². The fourth-order valence-electron chi connectivity index (χ4n) is 1.68. The van der Waals surface area contributed by atoms with E-state index in [0.717, 1.165) is 12.2 Å². The zero-order valence-electron chi connectivity index (χ0n) is 10.1. The molecule has 3 N–H and O–H groups in total. The van der Waals surface area contributed by atoms with Gasteiger partial charge in [0.1, 0.15) is 0 Å². The summed E-state index contributed by atoms with van der Waals surface area (Å²) in [5, 5.41) is 7.12. The van der Waals surface area contributed by atoms with Crippen molar-refractivity contribution in [1.82, 2.24) is 20.1 Å². The van der Waals surface area contributed by atoms with Crippen molar-refractivity contribution in [2.24, 2.45) is 0 Å². The Morgan fingerprint density at radius 2 is 2.28 bits per heavy atom. The van der Waals surface area contributed by atoms with Gasteiger partial charge in [-0.05, 0) is 6.42 Å². The normalized spacial score (nSPS) is 15.9. The van der Waals surface area contributed by atoms with E-state index in [2.05, 4.69) is 15.2 Å². The van der Waals surface area contributed by atoms with Crippen molar-refractivity contribution in [2.75, 3.05) is 37.8 Å². The Kier molecular flexibility index (Phi) is 4.82. The smallest absolute Gasteiger partial charge is 0.222 e. The number of H-pyrrole nitrogens is 1. The first-order chi connectivity index (χ1) is 8.75. The molecule has 2 heterocycles. The summed E-state index contributed by atoms with van der Waals surface area (Å²) >= 11 is 1.50. The highest BCUT2D eigenvalue weighted by Gasteiger charge is 2.16. The van der Waals surface area contributed by atoms with Crippen molar-refractivity contribution in [3.05, 3.63) is 0 Å². The summed E-state index contributed by atoms with van der Waals surface area (Å²) in [6.45, 7) is 2.72. The van der Waals surface area contributed by atoms with Gasteiger partial charge in [-0.3, -0.25) is 4.79 Å². The summed E-state index contributed by atoms with van der Waals surface area (Å²) in [6.07, 6.45) is 1.38. The topological polar surface area (TPSA) is 97.1 Å². The van der Waals surface area contributed by atoms with Crippen molar-refractivity contribution in [2.45, 2.75) is 18.0 Å². The molecule has 1 aliphatic heterocycles. The zero-order chi connectivity index (χ0) is 12.8. The Morgan fingerprint density at radius 1 is 1.50 bits per heavy atom. The van der Waals surface area contributed by atoms with E-state index in [-0.39, 0.29) is 5.91 Å². The monoisotopic (exact) mass is 271 g/mol. The summed E-state index contributed by atoms with van der Waals surface area (Å²) < 4.78 is 5.21. The molecule has 0 atom stereocenters. The predicted molar refractivity (Wildman–Crippen MR) is 68.2 cm³/mol. The van der Waals surface area contributed by atoms with Crippen LogP contribution in [0.1, 0.15) is 12.8 Å². The number of hydrogen-bond donors (Lipinski definition) is 2. The molecular weight excluding hydrogens is 254 g/mol. The minimum atomic E-state index is 0.202. The van der Waals surface area contributed by atoms with Gasteiger partial charge in [-0.25, -0.2) is 5.10 Å². The first kappa shape index (κ1) is 13.2. The van der Waals surface area contributed by atoms with Gasteiger partial charge in [-0.2, -0.15) is 4.98 Å². The predicted octanol–water partition coefficient (Wildman–Crippen LogP) is 0.118. The number of aromatic nitrogens is 3. The molecule has 1 amide bonds. The Hall–Kier alpha value is -1.28. The number of hydrogen-bond acceptors (Lipinski definition) is 6. The van der Waals surface area contributed by atoms with Crippen LogP contribution in [0, 0.1) is 0 Å². The molecule has 7 nitrogen and oxygen atoms in total. The number of aromatic amines is 1. The van der Waals surface area contributed by atoms with Gasteiger partial charge in [0.25, 0.3) is 0 Å². The third-order valence-electron chi connectivity index (χ3n) is 2.61. The fourth-order valence-corrected chi connectivity index (χ4v) is 2.42. The third kappa shape index (κ3) is 3.88. The van der Waals surface area contributed by atoms with Gasteiger partial charge in [0.05, 0.1) is 13.2 Å². The van der Waals surface area contributed by atoms with E-state index < -0.39 is 0 Å². The lowest BCUT2D eigenvalue weighted by molar-refractivity contribution is -0.135. The third-order valence-corrected chi connectivity index (χ3v) is 3.55. The van der Waals surface area contributed by atoms with Crippen LogP contribution in [0.25, 0.3) is 0 Å². The lowest BCUT2D eigenvalue weighted by Gasteiger charge is -2.26. The summed E-state index contributed by atoms with van der Waals surface area (Å²) in [5.41, 5.74) is 5.41. The number of carbonyl (C=O) groups is 1. The van der Waals surface area contributed by atoms with Crippen LogP contribution in [0.5, 0.6) is 0 Å². The summed E-state index contributed by atoms with van der Waals surface area (Å²) in [5.74, 6) is 1.34. The molecule has 18 heavy (non-hydrogen) atoms. The zero-order valence-corrected chi connectivity index (χ0v) is 10.9. The van der Waals surface area contributed by atoms with Crippen molar-refractivity contribution >= 4 is 23.6 Å². The maximum atomic E-state index is 11.8. The number of nitrogens with two attached hydrogens (primary N) is 1. The summed E-state index contributed by atoms with van der Waals surface area (Å²) in [6, 6.07) is 0. The van der Waals surface area contributed by atoms with Crippen molar-refractivity contribution in [3.8, 4) is 0 Å². The average molecular weight is 271 g/mol. The highest BCUT2D eigenvalue weighted by molar-refractivity contribution is 7.99. The van der Waals surface area contributed by atoms with E-state index in [1.54, 1.807) is 0 Å². The van der Waals surface area contributed by atoms with E-state index >= 15 is 0 Å². The first-order valence-electron chi connectivity index (χ1n) is 5.92. The number of carbonyl (C=O) groups excluding carboxylic acids is 1. The fraction of sp³-hybridized carbons (Fsp3) is 0.700. The summed E-state index contributed by atoms with van der Waals surface area (Å²) in [7, 11) is 0. The standard InChI is InChI=1S/C10H17N5O2S/c11-9-12-10(14-13-9)18-7-1-2-8(16)15-3-5-17-6-4-15/h1-7H2,(H3,11,12,13,14). The number of nitrogens with zero attached hydrogens (tertiary/aromatic N) is 3. The molecule has 0 aromatic carbocycles. The Morgan fingerprint density at radius 3 is 2.94 bits per heavy atom. The highest BCUT2D eigenvalue weighted by Crippen LogP contribution is 2.15. The van der Waals surface area contributed by atoms with Gasteiger partial charge >= 0.3 is 0 Å². The largest absolute Gasteiger partial charge is 0.378 e. The molecule has 1 aromatic heterocycles. The number of ether oxygens (including phenoxy) is 1. The van der Waals surface area contributed by atoms with Gasteiger partial charge < -0.3 is 15.4 Å². The highest BCUT2D eigenvalue weighted by atomic mass is 32.2. The van der Waals surface area contributed by atoms with Crippen LogP contribution < -0.4 is 5.73 Å². The van der Waals surface area contributed by atoms with Crippen LogP contribution in [0.2, 0.25) is 0 Å². The molecule has 0 aliphatic carbocycles. The second-order valence-corrected chi connectivity index (χ2v) is 5.01. The van der Waals surface area contributed by atoms with Crippen molar-refractivity contribution in [3.63, 3.8) is 0 Å². The van der Waals surface area contributed by atoms with E-state index in [4.69, 9.17) is 10.5 Å². The maximum absolute atomic E-state index is 11.8. The van der Waals surface area contributed by atoms with Gasteiger partial charge in [0.15, 0.2) is 0 Å². The van der Waals surface area contributed by atoms with Gasteiger partial charge in [-0.15, -0.1) is 5.10 Å². The van der Waals surface area contributed by atoms with Crippen molar-refractivity contribution in [1.29, 1.82) is 0 Å². The lowest BCUT2D eigenvalue weighted by atomic mass is 10.3. The molecule has 1 aliphatic rings. The molecule has 0 saturated carbocycles. The van der Waals surface area contributed by atoms with Gasteiger partial charge in [0, 0.05) is 25.3 Å². The second kappa shape index (κ2) is 6.60. The first-order valence-corrected chi connectivity index (χ1v) is 6.90. The number of rotatable bonds is 5. The van der Waals surface area contributed by atoms with Crippen LogP contribution in [-0.4, -0.2) is 58.0 Å². The van der Waals surface area contributed by atoms with Crippen LogP contribution in [0.3, 0.4) is 0 Å². The number of morpholine rings is 1. The maximum Gasteiger partial charge on any atom is 0.222 e. The molecule has 1 saturated heterocycles. The number of nitrogens with one attached hydrogen (secondary N) is 1. The number of amides is 1. The van der Waals surface area contributed by atoms with Gasteiger partial charge in [0.2, 0.25) is 17.0 Å². The minimum Gasteiger partial charge on any atom is -0.378 e. The molecule has 1 fully saturated rings. The van der Waals surface area contributed by atoms with E-state index in [1.165, 1.54) is 11.8 Å². The number of anilines is 1. The minimum absolute atomic E-state index is 0.202. The van der Waals surface area contributed by atoms with Crippen molar-refractivity contribution < 1.29 is 9.53 Å². The number of thioether (sulfide) groups is 1. The Labute approximate surface area is 109 Å². The Bertz CT molecular complexity index is 391. The molecule has 1 aromatic rings. The molecule has 2 rings (SSSR count). The van der Waals surface area contributed by atoms with Crippen LogP contribution in [-0.2, 0) is 9.53 Å². The van der Waals surface area contributed by atoms with Crippen LogP contribution >= 0.6 is 11.8 Å². The second-order valence-electron chi connectivity index (χ2n) is 3.95.